The molecule has 178 valence electrons. The Morgan fingerprint density at radius 2 is 1.47 bits per heavy atom. The zero-order valence-corrected chi connectivity index (χ0v) is 20.3. The van der Waals surface area contributed by atoms with Gasteiger partial charge in [-0.3, -0.25) is 19.2 Å². The molecule has 1 unspecified atom stereocenters. The third kappa shape index (κ3) is 5.09. The number of benzene rings is 2. The SMILES string of the molecule is CC(=O)[C@H](Cc1ccccc1)N(C(C)=O)N1C(=O)C(C(C)C)N(C(C)=O)C=C1c1ccccc1. The van der Waals surface area contributed by atoms with Crippen molar-refractivity contribution in [3.63, 3.8) is 0 Å². The monoisotopic (exact) mass is 461 g/mol. The van der Waals surface area contributed by atoms with Crippen molar-refractivity contribution in [3.05, 3.63) is 78.0 Å². The topological polar surface area (TPSA) is 78.0 Å². The molecular formula is C27H31N3O4. The third-order valence-corrected chi connectivity index (χ3v) is 5.89. The summed E-state index contributed by atoms with van der Waals surface area (Å²) in [5.74, 6) is -1.60. The Labute approximate surface area is 200 Å². The van der Waals surface area contributed by atoms with Gasteiger partial charge < -0.3 is 4.90 Å². The van der Waals surface area contributed by atoms with Crippen molar-refractivity contribution >= 4 is 29.2 Å². The quantitative estimate of drug-likeness (QED) is 0.630. The van der Waals surface area contributed by atoms with Gasteiger partial charge in [-0.1, -0.05) is 74.5 Å². The minimum Gasteiger partial charge on any atom is -0.304 e. The zero-order chi connectivity index (χ0) is 25.0. The molecule has 7 heteroatoms. The zero-order valence-electron chi connectivity index (χ0n) is 20.3. The molecule has 7 nitrogen and oxygen atoms in total. The number of ketones is 1. The molecule has 3 rings (SSSR count). The first kappa shape index (κ1) is 24.9. The molecule has 0 saturated heterocycles. The van der Waals surface area contributed by atoms with Crippen LogP contribution >= 0.6 is 0 Å². The van der Waals surface area contributed by atoms with E-state index in [1.807, 2.05) is 62.4 Å². The smallest absolute Gasteiger partial charge is 0.269 e. The van der Waals surface area contributed by atoms with Crippen LogP contribution in [0.5, 0.6) is 0 Å². The summed E-state index contributed by atoms with van der Waals surface area (Å²) in [6.07, 6.45) is 1.86. The molecule has 0 fully saturated rings. The average molecular weight is 462 g/mol. The fourth-order valence-electron chi connectivity index (χ4n) is 4.29. The van der Waals surface area contributed by atoms with Gasteiger partial charge in [-0.05, 0) is 18.4 Å². The van der Waals surface area contributed by atoms with E-state index in [9.17, 15) is 19.2 Å². The van der Waals surface area contributed by atoms with Crippen LogP contribution in [0.1, 0.15) is 45.7 Å². The van der Waals surface area contributed by atoms with Crippen molar-refractivity contribution < 1.29 is 19.2 Å². The predicted molar refractivity (Wildman–Crippen MR) is 130 cm³/mol. The first-order valence-electron chi connectivity index (χ1n) is 11.4. The second-order valence-corrected chi connectivity index (χ2v) is 8.83. The van der Waals surface area contributed by atoms with Crippen molar-refractivity contribution in [2.75, 3.05) is 0 Å². The summed E-state index contributed by atoms with van der Waals surface area (Å²) in [4.78, 5) is 53.8. The van der Waals surface area contributed by atoms with E-state index in [-0.39, 0.29) is 24.0 Å². The van der Waals surface area contributed by atoms with Crippen LogP contribution in [0.25, 0.3) is 5.70 Å². The molecular weight excluding hydrogens is 430 g/mol. The van der Waals surface area contributed by atoms with E-state index in [0.717, 1.165) is 5.56 Å². The Morgan fingerprint density at radius 3 is 1.94 bits per heavy atom. The Bertz CT molecular complexity index is 1100. The largest absolute Gasteiger partial charge is 0.304 e. The van der Waals surface area contributed by atoms with Gasteiger partial charge in [0, 0.05) is 32.0 Å². The number of carbonyl (C=O) groups is 4. The number of hydrogen-bond donors (Lipinski definition) is 0. The Hall–Kier alpha value is -3.74. The average Bonchev–Trinajstić information content (AvgIpc) is 2.79. The second kappa shape index (κ2) is 10.5. The van der Waals surface area contributed by atoms with Crippen molar-refractivity contribution in [1.82, 2.24) is 14.9 Å². The van der Waals surface area contributed by atoms with Crippen molar-refractivity contribution in [3.8, 4) is 0 Å². The van der Waals surface area contributed by atoms with E-state index in [1.54, 1.807) is 18.3 Å². The van der Waals surface area contributed by atoms with Gasteiger partial charge in [0.1, 0.15) is 12.1 Å². The van der Waals surface area contributed by atoms with Crippen LogP contribution in [0.3, 0.4) is 0 Å². The maximum atomic E-state index is 14.0. The van der Waals surface area contributed by atoms with Crippen LogP contribution in [0, 0.1) is 5.92 Å². The molecule has 1 aliphatic rings. The molecule has 0 radical (unpaired) electrons. The van der Waals surface area contributed by atoms with Gasteiger partial charge in [0.2, 0.25) is 11.8 Å². The van der Waals surface area contributed by atoms with Crippen molar-refractivity contribution in [2.24, 2.45) is 5.92 Å². The fourth-order valence-corrected chi connectivity index (χ4v) is 4.29. The highest BCUT2D eigenvalue weighted by atomic mass is 16.2. The molecule has 3 amide bonds. The molecule has 0 aromatic heterocycles. The second-order valence-electron chi connectivity index (χ2n) is 8.83. The standard InChI is InChI=1S/C27H31N3O4/c1-18(2)26-27(34)30(25(17-28(26)20(4)32)23-14-10-7-11-15-23)29(21(5)33)24(19(3)31)16-22-12-8-6-9-13-22/h6-15,17-18,24,26H,16H2,1-5H3/t24-,26?/m0/s1. The fraction of sp³-hybridized carbons (Fsp3) is 0.333. The molecule has 0 spiro atoms. The third-order valence-electron chi connectivity index (χ3n) is 5.89. The summed E-state index contributed by atoms with van der Waals surface area (Å²) in [6.45, 7) is 7.88. The lowest BCUT2D eigenvalue weighted by Gasteiger charge is -2.46. The first-order valence-corrected chi connectivity index (χ1v) is 11.4. The molecule has 0 aliphatic carbocycles. The van der Waals surface area contributed by atoms with Crippen LogP contribution in [0.2, 0.25) is 0 Å². The van der Waals surface area contributed by atoms with E-state index in [1.165, 1.54) is 35.7 Å². The van der Waals surface area contributed by atoms with E-state index in [0.29, 0.717) is 11.3 Å². The van der Waals surface area contributed by atoms with Crippen molar-refractivity contribution in [2.45, 2.75) is 53.1 Å². The highest BCUT2D eigenvalue weighted by Gasteiger charge is 2.45. The molecule has 0 N–H and O–H groups in total. The normalized spacial score (nSPS) is 16.8. The van der Waals surface area contributed by atoms with Gasteiger partial charge in [0.05, 0.1) is 5.70 Å². The lowest BCUT2D eigenvalue weighted by atomic mass is 9.97. The van der Waals surface area contributed by atoms with Gasteiger partial charge in [-0.15, -0.1) is 0 Å². The number of hydrazine groups is 1. The Morgan fingerprint density at radius 1 is 0.912 bits per heavy atom. The van der Waals surface area contributed by atoms with Crippen LogP contribution in [0.4, 0.5) is 0 Å². The summed E-state index contributed by atoms with van der Waals surface area (Å²) in [6, 6.07) is 16.8. The lowest BCUT2D eigenvalue weighted by molar-refractivity contribution is -0.168. The van der Waals surface area contributed by atoms with Gasteiger partial charge in [0.25, 0.3) is 5.91 Å². The summed E-state index contributed by atoms with van der Waals surface area (Å²) in [5.41, 5.74) is 1.89. The molecule has 34 heavy (non-hydrogen) atoms. The highest BCUT2D eigenvalue weighted by molar-refractivity contribution is 5.99. The summed E-state index contributed by atoms with van der Waals surface area (Å²) < 4.78 is 0. The van der Waals surface area contributed by atoms with E-state index >= 15 is 0 Å². The van der Waals surface area contributed by atoms with E-state index < -0.39 is 23.9 Å². The van der Waals surface area contributed by atoms with E-state index in [4.69, 9.17) is 0 Å². The number of carbonyl (C=O) groups excluding carboxylic acids is 4. The highest BCUT2D eigenvalue weighted by Crippen LogP contribution is 2.33. The first-order chi connectivity index (χ1) is 16.1. The van der Waals surface area contributed by atoms with Gasteiger partial charge in [-0.2, -0.15) is 0 Å². The number of amides is 3. The molecule has 0 saturated carbocycles. The van der Waals surface area contributed by atoms with Gasteiger partial charge in [0.15, 0.2) is 5.78 Å². The van der Waals surface area contributed by atoms with Gasteiger partial charge in [-0.25, -0.2) is 10.0 Å². The number of nitrogens with zero attached hydrogens (tertiary/aromatic N) is 3. The maximum absolute atomic E-state index is 14.0. The number of hydrogen-bond acceptors (Lipinski definition) is 4. The molecule has 2 aromatic rings. The minimum atomic E-state index is -0.896. The van der Waals surface area contributed by atoms with Gasteiger partial charge >= 0.3 is 0 Å². The van der Waals surface area contributed by atoms with Crippen molar-refractivity contribution in [1.29, 1.82) is 0 Å². The number of rotatable bonds is 7. The molecule has 1 heterocycles. The maximum Gasteiger partial charge on any atom is 0.269 e. The van der Waals surface area contributed by atoms with E-state index in [2.05, 4.69) is 0 Å². The molecule has 1 aliphatic heterocycles. The van der Waals surface area contributed by atoms with Crippen LogP contribution in [0.15, 0.2) is 66.9 Å². The summed E-state index contributed by atoms with van der Waals surface area (Å²) in [5, 5.41) is 2.56. The summed E-state index contributed by atoms with van der Waals surface area (Å²) in [7, 11) is 0. The molecule has 0 bridgehead atoms. The summed E-state index contributed by atoms with van der Waals surface area (Å²) >= 11 is 0. The molecule has 2 aromatic carbocycles. The Kier molecular flexibility index (Phi) is 7.66. The Balaban J connectivity index is 2.21. The lowest BCUT2D eigenvalue weighted by Crippen LogP contribution is -2.63. The van der Waals surface area contributed by atoms with Crippen LogP contribution in [-0.2, 0) is 25.6 Å². The predicted octanol–water partition coefficient (Wildman–Crippen LogP) is 3.66. The molecule has 2 atom stereocenters. The minimum absolute atomic E-state index is 0.216. The van der Waals surface area contributed by atoms with Crippen LogP contribution in [-0.4, -0.2) is 50.5 Å². The van der Waals surface area contributed by atoms with Crippen LogP contribution < -0.4 is 0 Å². The number of Topliss-reactive ketones (excluding diaryl/α,β-unsaturated/α-hetero) is 1.